The van der Waals surface area contributed by atoms with Crippen molar-refractivity contribution in [3.05, 3.63) is 35.6 Å². The van der Waals surface area contributed by atoms with Crippen LogP contribution in [0.1, 0.15) is 12.5 Å². The Labute approximate surface area is 103 Å². The lowest BCUT2D eigenvalue weighted by molar-refractivity contribution is 0.244. The number of nitrogens with one attached hydrogen (secondary N) is 1. The first-order valence-corrected chi connectivity index (χ1v) is 5.72. The Hall–Kier alpha value is -1.37. The molecule has 0 saturated carbocycles. The SMILES string of the molecule is C#CCNCC(C)N(C)Cc1cccc(F)c1. The molecule has 0 bridgehead atoms. The zero-order valence-corrected chi connectivity index (χ0v) is 10.4. The molecular weight excluding hydrogens is 215 g/mol. The second-order valence-electron chi connectivity index (χ2n) is 4.23. The minimum Gasteiger partial charge on any atom is -0.305 e. The Balaban J connectivity index is 2.43. The van der Waals surface area contributed by atoms with Crippen molar-refractivity contribution in [3.63, 3.8) is 0 Å². The predicted octanol–water partition coefficient (Wildman–Crippen LogP) is 1.87. The quantitative estimate of drug-likeness (QED) is 0.597. The molecule has 0 saturated heterocycles. The highest BCUT2D eigenvalue weighted by atomic mass is 19.1. The van der Waals surface area contributed by atoms with E-state index in [1.54, 1.807) is 12.1 Å². The third-order valence-electron chi connectivity index (χ3n) is 2.74. The summed E-state index contributed by atoms with van der Waals surface area (Å²) in [6.45, 7) is 4.26. The molecule has 0 aliphatic carbocycles. The summed E-state index contributed by atoms with van der Waals surface area (Å²) in [5.41, 5.74) is 0.983. The van der Waals surface area contributed by atoms with Crippen molar-refractivity contribution < 1.29 is 4.39 Å². The van der Waals surface area contributed by atoms with Crippen LogP contribution in [0.4, 0.5) is 4.39 Å². The molecule has 0 aliphatic rings. The summed E-state index contributed by atoms with van der Waals surface area (Å²) in [5.74, 6) is 2.35. The summed E-state index contributed by atoms with van der Waals surface area (Å²) in [5, 5.41) is 3.16. The Morgan fingerprint density at radius 2 is 2.29 bits per heavy atom. The first kappa shape index (κ1) is 13.7. The Kier molecular flexibility index (Phi) is 5.68. The zero-order valence-electron chi connectivity index (χ0n) is 10.4. The van der Waals surface area contributed by atoms with E-state index in [0.29, 0.717) is 12.6 Å². The van der Waals surface area contributed by atoms with Crippen molar-refractivity contribution >= 4 is 0 Å². The van der Waals surface area contributed by atoms with Gasteiger partial charge >= 0.3 is 0 Å². The third-order valence-corrected chi connectivity index (χ3v) is 2.74. The molecule has 1 N–H and O–H groups in total. The van der Waals surface area contributed by atoms with E-state index in [1.807, 2.05) is 13.1 Å². The number of benzene rings is 1. The van der Waals surface area contributed by atoms with Gasteiger partial charge in [-0.2, -0.15) is 0 Å². The van der Waals surface area contributed by atoms with Crippen LogP contribution < -0.4 is 5.32 Å². The van der Waals surface area contributed by atoms with Gasteiger partial charge in [0.2, 0.25) is 0 Å². The van der Waals surface area contributed by atoms with Gasteiger partial charge in [0.05, 0.1) is 6.54 Å². The standard InChI is InChI=1S/C14H19FN2/c1-4-8-16-10-12(2)17(3)11-13-6-5-7-14(15)9-13/h1,5-7,9,12,16H,8,10-11H2,2-3H3. The first-order valence-electron chi connectivity index (χ1n) is 5.72. The van der Waals surface area contributed by atoms with Gasteiger partial charge in [-0.25, -0.2) is 4.39 Å². The van der Waals surface area contributed by atoms with Crippen LogP contribution in [0, 0.1) is 18.2 Å². The molecule has 0 spiro atoms. The van der Waals surface area contributed by atoms with Crippen LogP contribution in [0.15, 0.2) is 24.3 Å². The third kappa shape index (κ3) is 4.99. The predicted molar refractivity (Wildman–Crippen MR) is 69.0 cm³/mol. The molecule has 92 valence electrons. The molecular formula is C14H19FN2. The number of hydrogen-bond donors (Lipinski definition) is 1. The Morgan fingerprint density at radius 1 is 1.53 bits per heavy atom. The van der Waals surface area contributed by atoms with Crippen molar-refractivity contribution in [2.75, 3.05) is 20.1 Å². The Morgan fingerprint density at radius 3 is 2.94 bits per heavy atom. The van der Waals surface area contributed by atoms with Crippen molar-refractivity contribution in [3.8, 4) is 12.3 Å². The highest BCUT2D eigenvalue weighted by Gasteiger charge is 2.09. The smallest absolute Gasteiger partial charge is 0.123 e. The fourth-order valence-corrected chi connectivity index (χ4v) is 1.59. The van der Waals surface area contributed by atoms with Gasteiger partial charge in [-0.15, -0.1) is 6.42 Å². The van der Waals surface area contributed by atoms with Gasteiger partial charge in [-0.1, -0.05) is 18.1 Å². The van der Waals surface area contributed by atoms with E-state index in [1.165, 1.54) is 6.07 Å². The fourth-order valence-electron chi connectivity index (χ4n) is 1.59. The summed E-state index contributed by atoms with van der Waals surface area (Å²) in [7, 11) is 2.02. The van der Waals surface area contributed by atoms with Crippen molar-refractivity contribution in [1.82, 2.24) is 10.2 Å². The molecule has 0 amide bonds. The molecule has 1 aromatic rings. The molecule has 2 nitrogen and oxygen atoms in total. The molecule has 0 fully saturated rings. The Bertz CT molecular complexity index is 384. The van der Waals surface area contributed by atoms with E-state index in [4.69, 9.17) is 6.42 Å². The van der Waals surface area contributed by atoms with E-state index >= 15 is 0 Å². The van der Waals surface area contributed by atoms with E-state index in [9.17, 15) is 4.39 Å². The number of nitrogens with zero attached hydrogens (tertiary/aromatic N) is 1. The van der Waals surface area contributed by atoms with E-state index < -0.39 is 0 Å². The fraction of sp³-hybridized carbons (Fsp3) is 0.429. The normalized spacial score (nSPS) is 12.4. The number of terminal acetylenes is 1. The monoisotopic (exact) mass is 234 g/mol. The van der Waals surface area contributed by atoms with Crippen LogP contribution in [0.3, 0.4) is 0 Å². The second-order valence-corrected chi connectivity index (χ2v) is 4.23. The molecule has 1 rings (SSSR count). The minimum absolute atomic E-state index is 0.186. The largest absolute Gasteiger partial charge is 0.305 e. The molecule has 0 aliphatic heterocycles. The van der Waals surface area contributed by atoms with Gasteiger partial charge in [0.25, 0.3) is 0 Å². The maximum atomic E-state index is 13.0. The number of hydrogen-bond acceptors (Lipinski definition) is 2. The van der Waals surface area contributed by atoms with Crippen LogP contribution in [0.2, 0.25) is 0 Å². The van der Waals surface area contributed by atoms with Crippen molar-refractivity contribution in [1.29, 1.82) is 0 Å². The zero-order chi connectivity index (χ0) is 12.7. The average molecular weight is 234 g/mol. The lowest BCUT2D eigenvalue weighted by atomic mass is 10.2. The second kappa shape index (κ2) is 7.05. The van der Waals surface area contributed by atoms with Crippen LogP contribution >= 0.6 is 0 Å². The first-order chi connectivity index (χ1) is 8.13. The molecule has 17 heavy (non-hydrogen) atoms. The topological polar surface area (TPSA) is 15.3 Å². The highest BCUT2D eigenvalue weighted by Crippen LogP contribution is 2.08. The van der Waals surface area contributed by atoms with Gasteiger partial charge < -0.3 is 5.32 Å². The summed E-state index contributed by atoms with van der Waals surface area (Å²) in [4.78, 5) is 2.16. The van der Waals surface area contributed by atoms with Gasteiger partial charge in [-0.3, -0.25) is 4.90 Å². The maximum absolute atomic E-state index is 13.0. The average Bonchev–Trinajstić information content (AvgIpc) is 2.29. The lowest BCUT2D eigenvalue weighted by Gasteiger charge is -2.24. The van der Waals surface area contributed by atoms with Gasteiger partial charge in [0, 0.05) is 19.1 Å². The number of halogens is 1. The highest BCUT2D eigenvalue weighted by molar-refractivity contribution is 5.16. The van der Waals surface area contributed by atoms with Crippen molar-refractivity contribution in [2.45, 2.75) is 19.5 Å². The summed E-state index contributed by atoms with van der Waals surface area (Å²) < 4.78 is 13.0. The van der Waals surface area contributed by atoms with Crippen LogP contribution in [0.25, 0.3) is 0 Å². The van der Waals surface area contributed by atoms with Crippen LogP contribution in [-0.4, -0.2) is 31.1 Å². The molecule has 0 heterocycles. The molecule has 1 atom stereocenters. The van der Waals surface area contributed by atoms with Crippen LogP contribution in [-0.2, 0) is 6.54 Å². The molecule has 1 aromatic carbocycles. The van der Waals surface area contributed by atoms with Crippen LogP contribution in [0.5, 0.6) is 0 Å². The summed E-state index contributed by atoms with van der Waals surface area (Å²) in [6.07, 6.45) is 5.16. The van der Waals surface area contributed by atoms with Gasteiger partial charge in [-0.05, 0) is 31.7 Å². The van der Waals surface area contributed by atoms with Gasteiger partial charge in [0.15, 0.2) is 0 Å². The number of rotatable bonds is 6. The molecule has 0 radical (unpaired) electrons. The van der Waals surface area contributed by atoms with E-state index in [0.717, 1.165) is 18.7 Å². The molecule has 3 heteroatoms. The molecule has 0 aromatic heterocycles. The van der Waals surface area contributed by atoms with Gasteiger partial charge in [0.1, 0.15) is 5.82 Å². The minimum atomic E-state index is -0.186. The number of likely N-dealkylation sites (N-methyl/N-ethyl adjacent to an activating group) is 1. The maximum Gasteiger partial charge on any atom is 0.123 e. The van der Waals surface area contributed by atoms with Crippen molar-refractivity contribution in [2.24, 2.45) is 0 Å². The summed E-state index contributed by atoms with van der Waals surface area (Å²) in [6, 6.07) is 7.05. The van der Waals surface area contributed by atoms with E-state index in [-0.39, 0.29) is 5.82 Å². The molecule has 1 unspecified atom stereocenters. The van der Waals surface area contributed by atoms with E-state index in [2.05, 4.69) is 23.1 Å². The summed E-state index contributed by atoms with van der Waals surface area (Å²) >= 11 is 0. The lowest BCUT2D eigenvalue weighted by Crippen LogP contribution is -2.37.